The summed E-state index contributed by atoms with van der Waals surface area (Å²) in [5, 5.41) is 15.6. The molecular weight excluding hydrogens is 170 g/mol. The molecule has 0 aliphatic carbocycles. The van der Waals surface area contributed by atoms with Crippen molar-refractivity contribution in [1.29, 1.82) is 0 Å². The summed E-state index contributed by atoms with van der Waals surface area (Å²) < 4.78 is 0. The van der Waals surface area contributed by atoms with Crippen LogP contribution in [0.1, 0.15) is 6.92 Å². The second-order valence-corrected chi connectivity index (χ2v) is 3.07. The molecule has 13 heavy (non-hydrogen) atoms. The van der Waals surface area contributed by atoms with Gasteiger partial charge in [0.2, 0.25) is 5.91 Å². The maximum Gasteiger partial charge on any atom is 0.233 e. The third-order valence-corrected chi connectivity index (χ3v) is 2.11. The summed E-state index contributed by atoms with van der Waals surface area (Å²) in [5.41, 5.74) is 0. The summed E-state index contributed by atoms with van der Waals surface area (Å²) in [6.45, 7) is 5.40. The molecule has 5 nitrogen and oxygen atoms in total. The standard InChI is InChI=1S/C8H17N3O2/c1-8(13)11(6-7-12)10-4-2-9-3-5-10/h9,12H,2-7H2,1H3. The fraction of sp³-hybridized carbons (Fsp3) is 0.875. The van der Waals surface area contributed by atoms with Crippen molar-refractivity contribution < 1.29 is 9.90 Å². The van der Waals surface area contributed by atoms with Gasteiger partial charge in [-0.3, -0.25) is 9.80 Å². The monoisotopic (exact) mass is 187 g/mol. The van der Waals surface area contributed by atoms with Gasteiger partial charge in [0.15, 0.2) is 0 Å². The number of hydrogen-bond acceptors (Lipinski definition) is 4. The van der Waals surface area contributed by atoms with Crippen molar-refractivity contribution in [1.82, 2.24) is 15.3 Å². The quantitative estimate of drug-likeness (QED) is 0.573. The van der Waals surface area contributed by atoms with Gasteiger partial charge in [-0.2, -0.15) is 0 Å². The molecule has 0 unspecified atom stereocenters. The summed E-state index contributed by atoms with van der Waals surface area (Å²) in [6.07, 6.45) is 0. The molecule has 0 atom stereocenters. The van der Waals surface area contributed by atoms with Crippen LogP contribution in [0.3, 0.4) is 0 Å². The van der Waals surface area contributed by atoms with Crippen LogP contribution in [-0.2, 0) is 4.79 Å². The number of amides is 1. The van der Waals surface area contributed by atoms with E-state index in [-0.39, 0.29) is 12.5 Å². The minimum atomic E-state index is -0.00375. The molecule has 1 fully saturated rings. The molecule has 1 aliphatic rings. The van der Waals surface area contributed by atoms with Crippen LogP contribution in [-0.4, -0.2) is 60.4 Å². The molecule has 0 spiro atoms. The predicted molar refractivity (Wildman–Crippen MR) is 48.9 cm³/mol. The number of aliphatic hydroxyl groups excluding tert-OH is 1. The Kier molecular flexibility index (Phi) is 4.14. The Bertz CT molecular complexity index is 169. The van der Waals surface area contributed by atoms with E-state index < -0.39 is 0 Å². The van der Waals surface area contributed by atoms with E-state index in [9.17, 15) is 4.79 Å². The first-order valence-corrected chi connectivity index (χ1v) is 4.60. The number of rotatable bonds is 3. The van der Waals surface area contributed by atoms with E-state index in [0.29, 0.717) is 6.54 Å². The Hall–Kier alpha value is -0.650. The summed E-state index contributed by atoms with van der Waals surface area (Å²) in [6, 6.07) is 0. The van der Waals surface area contributed by atoms with Gasteiger partial charge < -0.3 is 10.4 Å². The van der Waals surface area contributed by atoms with E-state index in [2.05, 4.69) is 5.32 Å². The van der Waals surface area contributed by atoms with Crippen LogP contribution in [0, 0.1) is 0 Å². The van der Waals surface area contributed by atoms with Gasteiger partial charge in [-0.15, -0.1) is 0 Å². The van der Waals surface area contributed by atoms with Crippen LogP contribution in [0.5, 0.6) is 0 Å². The van der Waals surface area contributed by atoms with E-state index in [1.54, 1.807) is 5.01 Å². The van der Waals surface area contributed by atoms with E-state index >= 15 is 0 Å². The van der Waals surface area contributed by atoms with Crippen molar-refractivity contribution in [2.75, 3.05) is 39.3 Å². The van der Waals surface area contributed by atoms with Crippen LogP contribution in [0.2, 0.25) is 0 Å². The molecule has 1 amide bonds. The normalized spacial score (nSPS) is 18.6. The van der Waals surface area contributed by atoms with Crippen molar-refractivity contribution >= 4 is 5.91 Å². The van der Waals surface area contributed by atoms with E-state index in [1.807, 2.05) is 5.01 Å². The SMILES string of the molecule is CC(=O)N(CCO)N1CCNCC1. The molecular formula is C8H17N3O2. The Balaban J connectivity index is 2.46. The van der Waals surface area contributed by atoms with Gasteiger partial charge >= 0.3 is 0 Å². The van der Waals surface area contributed by atoms with Gasteiger partial charge in [0.05, 0.1) is 13.2 Å². The highest BCUT2D eigenvalue weighted by Crippen LogP contribution is 2.00. The van der Waals surface area contributed by atoms with Crippen molar-refractivity contribution in [2.24, 2.45) is 0 Å². The molecule has 1 rings (SSSR count). The Morgan fingerprint density at radius 3 is 2.62 bits per heavy atom. The molecule has 0 aromatic carbocycles. The van der Waals surface area contributed by atoms with Gasteiger partial charge in [-0.25, -0.2) is 5.01 Å². The maximum atomic E-state index is 11.2. The van der Waals surface area contributed by atoms with Crippen LogP contribution in [0.25, 0.3) is 0 Å². The first-order chi connectivity index (χ1) is 6.25. The number of carbonyl (C=O) groups is 1. The van der Waals surface area contributed by atoms with Crippen molar-refractivity contribution in [3.8, 4) is 0 Å². The average molecular weight is 187 g/mol. The van der Waals surface area contributed by atoms with Crippen molar-refractivity contribution in [3.05, 3.63) is 0 Å². The number of piperazine rings is 1. The van der Waals surface area contributed by atoms with E-state index in [1.165, 1.54) is 6.92 Å². The summed E-state index contributed by atoms with van der Waals surface area (Å²) in [7, 11) is 0. The zero-order valence-electron chi connectivity index (χ0n) is 7.99. The Morgan fingerprint density at radius 2 is 2.15 bits per heavy atom. The number of hydrogen-bond donors (Lipinski definition) is 2. The smallest absolute Gasteiger partial charge is 0.233 e. The number of nitrogens with zero attached hydrogens (tertiary/aromatic N) is 2. The molecule has 5 heteroatoms. The van der Waals surface area contributed by atoms with Gasteiger partial charge in [-0.05, 0) is 0 Å². The fourth-order valence-corrected chi connectivity index (χ4v) is 1.49. The number of nitrogens with one attached hydrogen (secondary N) is 1. The Morgan fingerprint density at radius 1 is 1.54 bits per heavy atom. The Labute approximate surface area is 78.3 Å². The highest BCUT2D eigenvalue weighted by Gasteiger charge is 2.19. The molecule has 1 saturated heterocycles. The maximum absolute atomic E-state index is 11.2. The second-order valence-electron chi connectivity index (χ2n) is 3.07. The minimum Gasteiger partial charge on any atom is -0.394 e. The van der Waals surface area contributed by atoms with Crippen LogP contribution >= 0.6 is 0 Å². The van der Waals surface area contributed by atoms with Crippen LogP contribution < -0.4 is 5.32 Å². The summed E-state index contributed by atoms with van der Waals surface area (Å²) in [5.74, 6) is -0.00375. The minimum absolute atomic E-state index is 0.00375. The molecule has 0 radical (unpaired) electrons. The van der Waals surface area contributed by atoms with Gasteiger partial charge in [-0.1, -0.05) is 0 Å². The summed E-state index contributed by atoms with van der Waals surface area (Å²) >= 11 is 0. The lowest BCUT2D eigenvalue weighted by molar-refractivity contribution is -0.149. The molecule has 76 valence electrons. The molecule has 1 aliphatic heterocycles. The highest BCUT2D eigenvalue weighted by atomic mass is 16.3. The lowest BCUT2D eigenvalue weighted by atomic mass is 10.4. The predicted octanol–water partition coefficient (Wildman–Crippen LogP) is -1.35. The van der Waals surface area contributed by atoms with Crippen LogP contribution in [0.15, 0.2) is 0 Å². The van der Waals surface area contributed by atoms with Gasteiger partial charge in [0, 0.05) is 33.1 Å². The molecule has 2 N–H and O–H groups in total. The van der Waals surface area contributed by atoms with Crippen molar-refractivity contribution in [2.45, 2.75) is 6.92 Å². The first kappa shape index (κ1) is 10.4. The fourth-order valence-electron chi connectivity index (χ4n) is 1.49. The number of carbonyl (C=O) groups excluding carboxylic acids is 1. The number of aliphatic hydroxyl groups is 1. The zero-order valence-corrected chi connectivity index (χ0v) is 7.99. The van der Waals surface area contributed by atoms with Crippen molar-refractivity contribution in [3.63, 3.8) is 0 Å². The average Bonchev–Trinajstić information content (AvgIpc) is 2.15. The van der Waals surface area contributed by atoms with Gasteiger partial charge in [0.1, 0.15) is 0 Å². The summed E-state index contributed by atoms with van der Waals surface area (Å²) in [4.78, 5) is 11.2. The van der Waals surface area contributed by atoms with Crippen LogP contribution in [0.4, 0.5) is 0 Å². The topological polar surface area (TPSA) is 55.8 Å². The third-order valence-electron chi connectivity index (χ3n) is 2.11. The lowest BCUT2D eigenvalue weighted by Gasteiger charge is -2.36. The zero-order chi connectivity index (χ0) is 9.68. The second kappa shape index (κ2) is 5.16. The first-order valence-electron chi connectivity index (χ1n) is 4.60. The molecule has 0 bridgehead atoms. The molecule has 0 aromatic rings. The third kappa shape index (κ3) is 2.95. The number of hydrazine groups is 1. The molecule has 0 saturated carbocycles. The molecule has 0 aromatic heterocycles. The largest absolute Gasteiger partial charge is 0.394 e. The van der Waals surface area contributed by atoms with E-state index in [4.69, 9.17) is 5.11 Å². The lowest BCUT2D eigenvalue weighted by Crippen LogP contribution is -2.54. The van der Waals surface area contributed by atoms with Gasteiger partial charge in [0.25, 0.3) is 0 Å². The van der Waals surface area contributed by atoms with E-state index in [0.717, 1.165) is 26.2 Å². The molecule has 1 heterocycles. The highest BCUT2D eigenvalue weighted by molar-refractivity contribution is 5.72.